The van der Waals surface area contributed by atoms with E-state index in [1.807, 2.05) is 91.0 Å². The lowest BCUT2D eigenvalue weighted by molar-refractivity contribution is -0.133. The first kappa shape index (κ1) is 24.2. The van der Waals surface area contributed by atoms with Crippen molar-refractivity contribution in [3.05, 3.63) is 133 Å². The predicted molar refractivity (Wildman–Crippen MR) is 132 cm³/mol. The van der Waals surface area contributed by atoms with Gasteiger partial charge >= 0.3 is 0 Å². The molecule has 1 amide bonds. The molecule has 0 radical (unpaired) electrons. The summed E-state index contributed by atoms with van der Waals surface area (Å²) in [6, 6.07) is 29.4. The predicted octanol–water partition coefficient (Wildman–Crippen LogP) is 5.56. The molecule has 0 heterocycles. The van der Waals surface area contributed by atoms with Gasteiger partial charge in [-0.25, -0.2) is 0 Å². The maximum Gasteiger partial charge on any atom is 0.246 e. The van der Waals surface area contributed by atoms with Crippen molar-refractivity contribution in [2.24, 2.45) is 0 Å². The Bertz CT molecular complexity index is 989. The van der Waals surface area contributed by atoms with Crippen LogP contribution in [0.15, 0.2) is 116 Å². The fraction of sp³-hybridized carbons (Fsp3) is 0.207. The van der Waals surface area contributed by atoms with Crippen molar-refractivity contribution < 1.29 is 14.3 Å². The fourth-order valence-corrected chi connectivity index (χ4v) is 3.60. The third kappa shape index (κ3) is 7.56. The van der Waals surface area contributed by atoms with Crippen LogP contribution < -0.4 is 0 Å². The largest absolute Gasteiger partial charge is 0.374 e. The highest BCUT2D eigenvalue weighted by Crippen LogP contribution is 2.18. The summed E-state index contributed by atoms with van der Waals surface area (Å²) < 4.78 is 12.3. The summed E-state index contributed by atoms with van der Waals surface area (Å²) >= 11 is 0. The average molecular weight is 442 g/mol. The second-order valence-electron chi connectivity index (χ2n) is 7.72. The molecule has 0 N–H and O–H groups in total. The molecule has 4 heteroatoms. The van der Waals surface area contributed by atoms with E-state index in [0.29, 0.717) is 26.4 Å². The molecule has 0 aromatic heterocycles. The Balaban J connectivity index is 1.78. The Labute approximate surface area is 196 Å². The molecule has 3 rings (SSSR count). The highest BCUT2D eigenvalue weighted by Gasteiger charge is 2.29. The molecule has 2 atom stereocenters. The molecule has 0 aliphatic carbocycles. The quantitative estimate of drug-likeness (QED) is 0.258. The highest BCUT2D eigenvalue weighted by molar-refractivity contribution is 5.87. The second kappa shape index (κ2) is 13.2. The van der Waals surface area contributed by atoms with Crippen LogP contribution in [0, 0.1) is 0 Å². The number of ether oxygens (including phenoxy) is 2. The number of hydrogen-bond donors (Lipinski definition) is 0. The Kier molecular flexibility index (Phi) is 9.64. The zero-order valence-electron chi connectivity index (χ0n) is 18.9. The summed E-state index contributed by atoms with van der Waals surface area (Å²) in [5, 5.41) is 0. The van der Waals surface area contributed by atoms with Crippen molar-refractivity contribution in [2.45, 2.75) is 31.9 Å². The van der Waals surface area contributed by atoms with E-state index in [4.69, 9.17) is 9.47 Å². The van der Waals surface area contributed by atoms with Gasteiger partial charge in [0.1, 0.15) is 6.10 Å². The standard InChI is InChI=1S/C29H31NO3/c1-3-27(30(29(31)4-2)20-24-14-8-5-9-15-24)28(33-22-26-18-12-7-13-19-26)23-32-21-25-16-10-6-11-17-25/h3-19,27-28H,1-2,20-23H2/t27-,28-/m1/s1. The Hall–Kier alpha value is -3.47. The molecule has 0 aliphatic rings. The molecule has 4 nitrogen and oxygen atoms in total. The van der Waals surface area contributed by atoms with Crippen LogP contribution in [0.4, 0.5) is 0 Å². The molecule has 0 aliphatic heterocycles. The number of carbonyl (C=O) groups excluding carboxylic acids is 1. The van der Waals surface area contributed by atoms with E-state index in [2.05, 4.69) is 13.2 Å². The van der Waals surface area contributed by atoms with Crippen LogP contribution in [-0.4, -0.2) is 29.6 Å². The summed E-state index contributed by atoms with van der Waals surface area (Å²) in [5.41, 5.74) is 3.15. The second-order valence-corrected chi connectivity index (χ2v) is 7.72. The van der Waals surface area contributed by atoms with Crippen molar-refractivity contribution in [1.29, 1.82) is 0 Å². The molecule has 0 saturated heterocycles. The Morgan fingerprint density at radius 3 is 1.82 bits per heavy atom. The maximum atomic E-state index is 12.9. The molecule has 0 saturated carbocycles. The van der Waals surface area contributed by atoms with Crippen molar-refractivity contribution in [3.8, 4) is 0 Å². The van der Waals surface area contributed by atoms with Crippen molar-refractivity contribution >= 4 is 5.91 Å². The van der Waals surface area contributed by atoms with Crippen LogP contribution in [0.5, 0.6) is 0 Å². The van der Waals surface area contributed by atoms with Crippen LogP contribution >= 0.6 is 0 Å². The summed E-state index contributed by atoms with van der Waals surface area (Å²) in [4.78, 5) is 14.6. The molecule has 170 valence electrons. The molecule has 3 aromatic carbocycles. The molecule has 0 fully saturated rings. The molecule has 0 unspecified atom stereocenters. The minimum Gasteiger partial charge on any atom is -0.374 e. The fourth-order valence-electron chi connectivity index (χ4n) is 3.60. The topological polar surface area (TPSA) is 38.8 Å². The SMILES string of the molecule is C=CC(=O)N(Cc1ccccc1)[C@H](C=C)[C@@H](COCc1ccccc1)OCc1ccccc1. The first-order valence-electron chi connectivity index (χ1n) is 11.1. The van der Waals surface area contributed by atoms with Crippen molar-refractivity contribution in [1.82, 2.24) is 4.90 Å². The molecule has 0 spiro atoms. The first-order chi connectivity index (χ1) is 16.2. The van der Waals surface area contributed by atoms with E-state index in [-0.39, 0.29) is 5.91 Å². The van der Waals surface area contributed by atoms with Crippen LogP contribution in [0.25, 0.3) is 0 Å². The van der Waals surface area contributed by atoms with E-state index in [1.165, 1.54) is 6.08 Å². The van der Waals surface area contributed by atoms with Gasteiger partial charge in [-0.05, 0) is 22.8 Å². The maximum absolute atomic E-state index is 12.9. The first-order valence-corrected chi connectivity index (χ1v) is 11.1. The van der Waals surface area contributed by atoms with E-state index < -0.39 is 12.1 Å². The van der Waals surface area contributed by atoms with Crippen LogP contribution in [0.2, 0.25) is 0 Å². The number of benzene rings is 3. The summed E-state index contributed by atoms with van der Waals surface area (Å²) in [7, 11) is 0. The van der Waals surface area contributed by atoms with Gasteiger partial charge in [0.2, 0.25) is 5.91 Å². The van der Waals surface area contributed by atoms with Gasteiger partial charge in [-0.15, -0.1) is 6.58 Å². The van der Waals surface area contributed by atoms with E-state index >= 15 is 0 Å². The Morgan fingerprint density at radius 1 is 0.788 bits per heavy atom. The number of rotatable bonds is 13. The van der Waals surface area contributed by atoms with Crippen LogP contribution in [-0.2, 0) is 34.0 Å². The smallest absolute Gasteiger partial charge is 0.246 e. The monoisotopic (exact) mass is 441 g/mol. The minimum atomic E-state index is -0.404. The van der Waals surface area contributed by atoms with E-state index in [1.54, 1.807) is 11.0 Å². The minimum absolute atomic E-state index is 0.180. The lowest BCUT2D eigenvalue weighted by Gasteiger charge is -2.34. The normalized spacial score (nSPS) is 12.5. The molecule has 0 bridgehead atoms. The van der Waals surface area contributed by atoms with E-state index in [0.717, 1.165) is 16.7 Å². The highest BCUT2D eigenvalue weighted by atomic mass is 16.5. The van der Waals surface area contributed by atoms with Gasteiger partial charge in [-0.1, -0.05) is 104 Å². The lowest BCUT2D eigenvalue weighted by atomic mass is 10.1. The van der Waals surface area contributed by atoms with Crippen molar-refractivity contribution in [3.63, 3.8) is 0 Å². The van der Waals surface area contributed by atoms with Crippen molar-refractivity contribution in [2.75, 3.05) is 6.61 Å². The van der Waals surface area contributed by atoms with Gasteiger partial charge in [0, 0.05) is 6.54 Å². The number of nitrogens with zero attached hydrogens (tertiary/aromatic N) is 1. The van der Waals surface area contributed by atoms with Gasteiger partial charge in [0.15, 0.2) is 0 Å². The summed E-state index contributed by atoms with van der Waals surface area (Å²) in [6.07, 6.45) is 2.68. The van der Waals surface area contributed by atoms with Gasteiger partial charge in [0.25, 0.3) is 0 Å². The number of carbonyl (C=O) groups is 1. The molecular formula is C29H31NO3. The van der Waals surface area contributed by atoms with Gasteiger partial charge in [-0.3, -0.25) is 4.79 Å². The molecule has 3 aromatic rings. The zero-order chi connectivity index (χ0) is 23.3. The van der Waals surface area contributed by atoms with E-state index in [9.17, 15) is 4.79 Å². The number of hydrogen-bond acceptors (Lipinski definition) is 3. The third-order valence-corrected chi connectivity index (χ3v) is 5.34. The molecular weight excluding hydrogens is 410 g/mol. The average Bonchev–Trinajstić information content (AvgIpc) is 2.88. The Morgan fingerprint density at radius 2 is 1.30 bits per heavy atom. The molecule has 33 heavy (non-hydrogen) atoms. The number of amides is 1. The van der Waals surface area contributed by atoms with Gasteiger partial charge < -0.3 is 14.4 Å². The summed E-state index contributed by atoms with van der Waals surface area (Å²) in [6.45, 7) is 9.32. The third-order valence-electron chi connectivity index (χ3n) is 5.34. The zero-order valence-corrected chi connectivity index (χ0v) is 18.9. The van der Waals surface area contributed by atoms with Crippen LogP contribution in [0.1, 0.15) is 16.7 Å². The lowest BCUT2D eigenvalue weighted by Crippen LogP contribution is -2.47. The summed E-state index contributed by atoms with van der Waals surface area (Å²) in [5.74, 6) is -0.180. The van der Waals surface area contributed by atoms with Crippen LogP contribution in [0.3, 0.4) is 0 Å². The van der Waals surface area contributed by atoms with Gasteiger partial charge in [-0.2, -0.15) is 0 Å². The van der Waals surface area contributed by atoms with Gasteiger partial charge in [0.05, 0.1) is 25.9 Å².